The van der Waals surface area contributed by atoms with E-state index < -0.39 is 27.3 Å². The number of nitrogens with one attached hydrogen (secondary N) is 1. The van der Waals surface area contributed by atoms with Gasteiger partial charge in [0.2, 0.25) is 0 Å². The minimum absolute atomic E-state index is 0. The smallest absolute Gasteiger partial charge is 0.185 e. The first-order chi connectivity index (χ1) is 8.94. The van der Waals surface area contributed by atoms with E-state index >= 15 is 0 Å². The average molecular weight is 319 g/mol. The van der Waals surface area contributed by atoms with Crippen LogP contribution in [-0.4, -0.2) is 49.2 Å². The van der Waals surface area contributed by atoms with Crippen LogP contribution in [0.25, 0.3) is 0 Å². The fourth-order valence-corrected chi connectivity index (χ4v) is 4.08. The van der Waals surface area contributed by atoms with Crippen LogP contribution in [0.2, 0.25) is 0 Å². The number of nitrogens with zero attached hydrogens (tertiary/aromatic N) is 1. The lowest BCUT2D eigenvalue weighted by atomic mass is 10.1. The van der Waals surface area contributed by atoms with Crippen LogP contribution in [0, 0.1) is 11.3 Å². The molecule has 1 heterocycles. The molecule has 0 unspecified atom stereocenters. The molecule has 3 N–H and O–H groups in total. The van der Waals surface area contributed by atoms with E-state index in [1.807, 2.05) is 6.07 Å². The highest BCUT2D eigenvalue weighted by molar-refractivity contribution is 7.92. The second-order valence-corrected chi connectivity index (χ2v) is 6.69. The number of sulfone groups is 1. The first-order valence-electron chi connectivity index (χ1n) is 5.72. The van der Waals surface area contributed by atoms with Gasteiger partial charge in [0.15, 0.2) is 9.84 Å². The Morgan fingerprint density at radius 1 is 1.40 bits per heavy atom. The number of halogens is 1. The maximum atomic E-state index is 12.4. The van der Waals surface area contributed by atoms with E-state index in [9.17, 15) is 18.6 Å². The Labute approximate surface area is 123 Å². The Morgan fingerprint density at radius 3 is 2.50 bits per heavy atom. The second-order valence-electron chi connectivity index (χ2n) is 4.56. The number of nitriles is 1. The fourth-order valence-electron chi connectivity index (χ4n) is 2.16. The number of aliphatic hydroxyl groups is 2. The van der Waals surface area contributed by atoms with E-state index in [1.165, 1.54) is 24.3 Å². The molecule has 0 aromatic heterocycles. The van der Waals surface area contributed by atoms with Crippen LogP contribution in [0.15, 0.2) is 29.2 Å². The third-order valence-electron chi connectivity index (χ3n) is 3.32. The second kappa shape index (κ2) is 6.08. The van der Waals surface area contributed by atoms with Crippen molar-refractivity contribution >= 4 is 22.2 Å². The van der Waals surface area contributed by atoms with Gasteiger partial charge in [-0.25, -0.2) is 8.42 Å². The molecule has 2 atom stereocenters. The lowest BCUT2D eigenvalue weighted by molar-refractivity contribution is 0.00578. The van der Waals surface area contributed by atoms with Crippen molar-refractivity contribution in [3.05, 3.63) is 29.8 Å². The number of rotatable bonds is 3. The Morgan fingerprint density at radius 2 is 2.00 bits per heavy atom. The molecule has 0 bridgehead atoms. The summed E-state index contributed by atoms with van der Waals surface area (Å²) in [4.78, 5) is 0.0343. The van der Waals surface area contributed by atoms with Gasteiger partial charge in [0.25, 0.3) is 0 Å². The Bertz CT molecular complexity index is 611. The predicted octanol–water partition coefficient (Wildman–Crippen LogP) is -0.551. The fraction of sp³-hybridized carbons (Fsp3) is 0.417. The summed E-state index contributed by atoms with van der Waals surface area (Å²) in [7, 11) is -3.77. The Kier molecular flexibility index (Phi) is 5.13. The summed E-state index contributed by atoms with van der Waals surface area (Å²) in [6.45, 7) is -0.511. The average Bonchev–Trinajstić information content (AvgIpc) is 2.82. The zero-order chi connectivity index (χ0) is 14.1. The molecule has 8 heteroatoms. The molecule has 0 amide bonds. The number of hydrogen-bond donors (Lipinski definition) is 3. The van der Waals surface area contributed by atoms with Gasteiger partial charge in [-0.2, -0.15) is 5.26 Å². The molecule has 110 valence electrons. The molecular weight excluding hydrogens is 304 g/mol. The zero-order valence-corrected chi connectivity index (χ0v) is 12.1. The maximum absolute atomic E-state index is 12.4. The van der Waals surface area contributed by atoms with Gasteiger partial charge in [-0.1, -0.05) is 0 Å². The van der Waals surface area contributed by atoms with Crippen LogP contribution in [0.5, 0.6) is 0 Å². The summed E-state index contributed by atoms with van der Waals surface area (Å²) in [5.41, 5.74) is -1.31. The van der Waals surface area contributed by atoms with Crippen LogP contribution < -0.4 is 5.32 Å². The summed E-state index contributed by atoms with van der Waals surface area (Å²) < 4.78 is 24.8. The highest BCUT2D eigenvalue weighted by Crippen LogP contribution is 2.27. The molecule has 20 heavy (non-hydrogen) atoms. The molecule has 1 aliphatic heterocycles. The van der Waals surface area contributed by atoms with Gasteiger partial charge in [-0.05, 0) is 24.3 Å². The largest absolute Gasteiger partial charge is 0.393 e. The van der Waals surface area contributed by atoms with Gasteiger partial charge < -0.3 is 15.5 Å². The van der Waals surface area contributed by atoms with Gasteiger partial charge in [0, 0.05) is 13.1 Å². The van der Waals surface area contributed by atoms with Crippen molar-refractivity contribution in [3.63, 3.8) is 0 Å². The summed E-state index contributed by atoms with van der Waals surface area (Å²) in [5, 5.41) is 29.7. The number of benzene rings is 1. The first kappa shape index (κ1) is 16.9. The third kappa shape index (κ3) is 2.80. The van der Waals surface area contributed by atoms with Crippen molar-refractivity contribution in [3.8, 4) is 6.07 Å². The predicted molar refractivity (Wildman–Crippen MR) is 74.3 cm³/mol. The monoisotopic (exact) mass is 318 g/mol. The van der Waals surface area contributed by atoms with Crippen LogP contribution in [-0.2, 0) is 9.84 Å². The summed E-state index contributed by atoms with van der Waals surface area (Å²) in [5.74, 6) is 0. The first-order valence-corrected chi connectivity index (χ1v) is 7.27. The molecule has 6 nitrogen and oxygen atoms in total. The van der Waals surface area contributed by atoms with E-state index in [1.54, 1.807) is 0 Å². The van der Waals surface area contributed by atoms with Crippen LogP contribution in [0.1, 0.15) is 5.56 Å². The van der Waals surface area contributed by atoms with Crippen molar-refractivity contribution in [1.82, 2.24) is 5.32 Å². The molecular formula is C12H15ClN2O4S. The van der Waals surface area contributed by atoms with E-state index in [4.69, 9.17) is 5.26 Å². The van der Waals surface area contributed by atoms with Gasteiger partial charge in [-0.3, -0.25) is 0 Å². The minimum atomic E-state index is -3.77. The summed E-state index contributed by atoms with van der Waals surface area (Å²) >= 11 is 0. The standard InChI is InChI=1S/C12H14N2O4S.ClH/c13-5-9-1-3-10(4-2-9)19(17,18)11-6-14-7-12(11,16)8-15;/h1-4,11,14-16H,6-8H2;1H/t11-,12+;/m0./s1. The van der Waals surface area contributed by atoms with Crippen LogP contribution in [0.3, 0.4) is 0 Å². The normalized spacial score (nSPS) is 25.8. The molecule has 0 saturated carbocycles. The van der Waals surface area contributed by atoms with Crippen LogP contribution in [0.4, 0.5) is 0 Å². The van der Waals surface area contributed by atoms with Crippen molar-refractivity contribution in [2.75, 3.05) is 19.7 Å². The Hall–Kier alpha value is -1.17. The number of hydrogen-bond acceptors (Lipinski definition) is 6. The van der Waals surface area contributed by atoms with Crippen molar-refractivity contribution < 1.29 is 18.6 Å². The number of β-amino-alcohol motifs (C(OH)–C–C–N with tert-alkyl or cyclic N) is 1. The van der Waals surface area contributed by atoms with Gasteiger partial charge >= 0.3 is 0 Å². The molecule has 1 aromatic carbocycles. The maximum Gasteiger partial charge on any atom is 0.185 e. The topological polar surface area (TPSA) is 110 Å². The van der Waals surface area contributed by atoms with Gasteiger partial charge in [0.1, 0.15) is 10.9 Å². The zero-order valence-electron chi connectivity index (χ0n) is 10.5. The summed E-state index contributed by atoms with van der Waals surface area (Å²) in [6.07, 6.45) is 0. The highest BCUT2D eigenvalue weighted by atomic mass is 35.5. The van der Waals surface area contributed by atoms with E-state index in [0.29, 0.717) is 5.56 Å². The lowest BCUT2D eigenvalue weighted by Gasteiger charge is -2.26. The van der Waals surface area contributed by atoms with Crippen molar-refractivity contribution in [2.24, 2.45) is 0 Å². The van der Waals surface area contributed by atoms with Crippen molar-refractivity contribution in [2.45, 2.75) is 15.7 Å². The van der Waals surface area contributed by atoms with E-state index in [2.05, 4.69) is 5.32 Å². The highest BCUT2D eigenvalue weighted by Gasteiger charge is 2.48. The third-order valence-corrected chi connectivity index (χ3v) is 5.60. The lowest BCUT2D eigenvalue weighted by Crippen LogP contribution is -2.49. The Balaban J connectivity index is 0.00000200. The molecule has 1 saturated heterocycles. The minimum Gasteiger partial charge on any atom is -0.393 e. The van der Waals surface area contributed by atoms with Gasteiger partial charge in [0.05, 0.1) is 23.1 Å². The number of aliphatic hydroxyl groups excluding tert-OH is 1. The van der Waals surface area contributed by atoms with Gasteiger partial charge in [-0.15, -0.1) is 12.4 Å². The SMILES string of the molecule is Cl.N#Cc1ccc(S(=O)(=O)[C@H]2CNC[C@@]2(O)CO)cc1. The van der Waals surface area contributed by atoms with E-state index in [0.717, 1.165) is 0 Å². The molecule has 0 aliphatic carbocycles. The van der Waals surface area contributed by atoms with Crippen molar-refractivity contribution in [1.29, 1.82) is 5.26 Å². The molecule has 2 rings (SSSR count). The summed E-state index contributed by atoms with van der Waals surface area (Å²) in [6, 6.07) is 7.40. The molecule has 1 fully saturated rings. The quantitative estimate of drug-likeness (QED) is 0.689. The van der Waals surface area contributed by atoms with Crippen LogP contribution >= 0.6 is 12.4 Å². The molecule has 0 radical (unpaired) electrons. The molecule has 1 aliphatic rings. The van der Waals surface area contributed by atoms with E-state index in [-0.39, 0.29) is 30.4 Å². The molecule has 0 spiro atoms. The molecule has 1 aromatic rings.